The molecule has 1 aliphatic rings. The van der Waals surface area contributed by atoms with Gasteiger partial charge in [-0.05, 0) is 37.4 Å². The SMILES string of the molecule is CCNC(CN(C)c1ccccc1F)C1CCCC1. The Morgan fingerprint density at radius 2 is 2.00 bits per heavy atom. The maximum absolute atomic E-state index is 13.8. The van der Waals surface area contributed by atoms with Crippen molar-refractivity contribution in [2.24, 2.45) is 5.92 Å². The van der Waals surface area contributed by atoms with Gasteiger partial charge in [-0.25, -0.2) is 4.39 Å². The lowest BCUT2D eigenvalue weighted by Gasteiger charge is -2.30. The molecule has 106 valence electrons. The Kier molecular flexibility index (Phi) is 5.20. The van der Waals surface area contributed by atoms with Crippen molar-refractivity contribution in [1.29, 1.82) is 0 Å². The summed E-state index contributed by atoms with van der Waals surface area (Å²) < 4.78 is 13.8. The predicted molar refractivity (Wildman–Crippen MR) is 79.1 cm³/mol. The first kappa shape index (κ1) is 14.3. The van der Waals surface area contributed by atoms with Crippen molar-refractivity contribution in [2.45, 2.75) is 38.6 Å². The number of benzene rings is 1. The molecule has 1 atom stereocenters. The van der Waals surface area contributed by atoms with Gasteiger partial charge in [0.25, 0.3) is 0 Å². The molecule has 0 heterocycles. The summed E-state index contributed by atoms with van der Waals surface area (Å²) in [6.07, 6.45) is 5.30. The molecule has 1 N–H and O–H groups in total. The van der Waals surface area contributed by atoms with Crippen LogP contribution in [0.3, 0.4) is 0 Å². The topological polar surface area (TPSA) is 15.3 Å². The molecule has 0 radical (unpaired) electrons. The van der Waals surface area contributed by atoms with Crippen LogP contribution in [0.25, 0.3) is 0 Å². The first-order valence-corrected chi connectivity index (χ1v) is 7.41. The number of para-hydroxylation sites is 1. The van der Waals surface area contributed by atoms with Crippen molar-refractivity contribution in [3.8, 4) is 0 Å². The summed E-state index contributed by atoms with van der Waals surface area (Å²) in [4.78, 5) is 2.04. The summed E-state index contributed by atoms with van der Waals surface area (Å²) in [5.41, 5.74) is 0.698. The third-order valence-corrected chi connectivity index (χ3v) is 4.17. The maximum Gasteiger partial charge on any atom is 0.146 e. The minimum atomic E-state index is -0.133. The molecule has 3 heteroatoms. The van der Waals surface area contributed by atoms with Crippen molar-refractivity contribution in [2.75, 3.05) is 25.0 Å². The number of hydrogen-bond acceptors (Lipinski definition) is 2. The van der Waals surface area contributed by atoms with E-state index in [1.165, 1.54) is 31.7 Å². The van der Waals surface area contributed by atoms with E-state index in [2.05, 4.69) is 12.2 Å². The Morgan fingerprint density at radius 3 is 2.63 bits per heavy atom. The van der Waals surface area contributed by atoms with Gasteiger partial charge in [0, 0.05) is 19.6 Å². The molecule has 1 saturated carbocycles. The number of nitrogens with zero attached hydrogens (tertiary/aromatic N) is 1. The van der Waals surface area contributed by atoms with Crippen molar-refractivity contribution in [1.82, 2.24) is 5.32 Å². The summed E-state index contributed by atoms with van der Waals surface area (Å²) in [5.74, 6) is 0.612. The molecule has 2 rings (SSSR count). The second-order valence-electron chi connectivity index (χ2n) is 5.54. The first-order chi connectivity index (χ1) is 9.22. The summed E-state index contributed by atoms with van der Waals surface area (Å²) in [6, 6.07) is 7.49. The van der Waals surface area contributed by atoms with Gasteiger partial charge in [-0.3, -0.25) is 0 Å². The fourth-order valence-corrected chi connectivity index (χ4v) is 3.16. The third-order valence-electron chi connectivity index (χ3n) is 4.17. The van der Waals surface area contributed by atoms with E-state index in [9.17, 15) is 4.39 Å². The molecule has 19 heavy (non-hydrogen) atoms. The van der Waals surface area contributed by atoms with Crippen LogP contribution in [-0.2, 0) is 0 Å². The van der Waals surface area contributed by atoms with Crippen LogP contribution in [0.1, 0.15) is 32.6 Å². The minimum Gasteiger partial charge on any atom is -0.371 e. The fourth-order valence-electron chi connectivity index (χ4n) is 3.16. The quantitative estimate of drug-likeness (QED) is 0.847. The van der Waals surface area contributed by atoms with Crippen molar-refractivity contribution in [3.05, 3.63) is 30.1 Å². The third kappa shape index (κ3) is 3.69. The molecule has 2 nitrogen and oxygen atoms in total. The van der Waals surface area contributed by atoms with Gasteiger partial charge in [0.2, 0.25) is 0 Å². The maximum atomic E-state index is 13.8. The molecule has 0 aliphatic heterocycles. The molecule has 0 spiro atoms. The molecule has 1 fully saturated rings. The number of nitrogens with one attached hydrogen (secondary N) is 1. The zero-order valence-electron chi connectivity index (χ0n) is 12.0. The zero-order chi connectivity index (χ0) is 13.7. The van der Waals surface area contributed by atoms with Crippen LogP contribution in [0.5, 0.6) is 0 Å². The molecular weight excluding hydrogens is 239 g/mol. The predicted octanol–water partition coefficient (Wildman–Crippen LogP) is 3.43. The average Bonchev–Trinajstić information content (AvgIpc) is 2.92. The van der Waals surface area contributed by atoms with E-state index >= 15 is 0 Å². The fraction of sp³-hybridized carbons (Fsp3) is 0.625. The molecular formula is C16H25FN2. The standard InChI is InChI=1S/C16H25FN2/c1-3-18-15(13-8-4-5-9-13)12-19(2)16-11-7-6-10-14(16)17/h6-7,10-11,13,15,18H,3-5,8-9,12H2,1-2H3. The van der Waals surface area contributed by atoms with Crippen LogP contribution in [-0.4, -0.2) is 26.2 Å². The Balaban J connectivity index is 2.02. The van der Waals surface area contributed by atoms with Crippen LogP contribution in [0.4, 0.5) is 10.1 Å². The van der Waals surface area contributed by atoms with Crippen molar-refractivity contribution in [3.63, 3.8) is 0 Å². The monoisotopic (exact) mass is 264 g/mol. The number of halogens is 1. The molecule has 0 amide bonds. The molecule has 0 aromatic heterocycles. The summed E-state index contributed by atoms with van der Waals surface area (Å²) in [5, 5.41) is 3.58. The Bertz CT molecular complexity index is 388. The molecule has 1 aliphatic carbocycles. The second kappa shape index (κ2) is 6.90. The van der Waals surface area contributed by atoms with Gasteiger partial charge in [0.05, 0.1) is 5.69 Å². The first-order valence-electron chi connectivity index (χ1n) is 7.41. The minimum absolute atomic E-state index is 0.133. The molecule has 1 aromatic rings. The number of anilines is 1. The summed E-state index contributed by atoms with van der Waals surface area (Å²) in [7, 11) is 1.98. The smallest absolute Gasteiger partial charge is 0.146 e. The largest absolute Gasteiger partial charge is 0.371 e. The van der Waals surface area contributed by atoms with Gasteiger partial charge >= 0.3 is 0 Å². The zero-order valence-corrected chi connectivity index (χ0v) is 12.0. The van der Waals surface area contributed by atoms with E-state index in [0.29, 0.717) is 11.7 Å². The van der Waals surface area contributed by atoms with Crippen LogP contribution in [0.2, 0.25) is 0 Å². The normalized spacial score (nSPS) is 17.6. The highest BCUT2D eigenvalue weighted by atomic mass is 19.1. The Morgan fingerprint density at radius 1 is 1.32 bits per heavy atom. The lowest BCUT2D eigenvalue weighted by molar-refractivity contribution is 0.366. The van der Waals surface area contributed by atoms with Crippen molar-refractivity contribution >= 4 is 5.69 Å². The number of rotatable bonds is 6. The highest BCUT2D eigenvalue weighted by Gasteiger charge is 2.25. The van der Waals surface area contributed by atoms with Crippen LogP contribution >= 0.6 is 0 Å². The molecule has 1 aromatic carbocycles. The van der Waals surface area contributed by atoms with Crippen molar-refractivity contribution < 1.29 is 4.39 Å². The van der Waals surface area contributed by atoms with E-state index in [4.69, 9.17) is 0 Å². The van der Waals surface area contributed by atoms with E-state index in [0.717, 1.165) is 19.0 Å². The van der Waals surface area contributed by atoms with Crippen LogP contribution in [0, 0.1) is 11.7 Å². The van der Waals surface area contributed by atoms with Gasteiger partial charge < -0.3 is 10.2 Å². The molecule has 1 unspecified atom stereocenters. The molecule has 0 saturated heterocycles. The van der Waals surface area contributed by atoms with Gasteiger partial charge in [0.1, 0.15) is 5.82 Å². The van der Waals surface area contributed by atoms with E-state index < -0.39 is 0 Å². The van der Waals surface area contributed by atoms with E-state index in [1.54, 1.807) is 6.07 Å². The highest BCUT2D eigenvalue weighted by Crippen LogP contribution is 2.29. The Hall–Kier alpha value is -1.09. The second-order valence-corrected chi connectivity index (χ2v) is 5.54. The average molecular weight is 264 g/mol. The van der Waals surface area contributed by atoms with Gasteiger partial charge in [-0.2, -0.15) is 0 Å². The summed E-state index contributed by atoms with van der Waals surface area (Å²) in [6.45, 7) is 4.00. The van der Waals surface area contributed by atoms with Gasteiger partial charge in [-0.15, -0.1) is 0 Å². The summed E-state index contributed by atoms with van der Waals surface area (Å²) >= 11 is 0. The number of likely N-dealkylation sites (N-methyl/N-ethyl adjacent to an activating group) is 2. The van der Waals surface area contributed by atoms with Crippen LogP contribution < -0.4 is 10.2 Å². The van der Waals surface area contributed by atoms with E-state index in [-0.39, 0.29) is 5.82 Å². The van der Waals surface area contributed by atoms with Gasteiger partial charge in [0.15, 0.2) is 0 Å². The number of hydrogen-bond donors (Lipinski definition) is 1. The van der Waals surface area contributed by atoms with Crippen LogP contribution in [0.15, 0.2) is 24.3 Å². The lowest BCUT2D eigenvalue weighted by Crippen LogP contribution is -2.44. The van der Waals surface area contributed by atoms with E-state index in [1.807, 2.05) is 24.1 Å². The Labute approximate surface area is 116 Å². The lowest BCUT2D eigenvalue weighted by atomic mass is 9.97. The molecule has 0 bridgehead atoms. The van der Waals surface area contributed by atoms with Gasteiger partial charge in [-0.1, -0.05) is 31.9 Å². The highest BCUT2D eigenvalue weighted by molar-refractivity contribution is 5.46.